The van der Waals surface area contributed by atoms with Gasteiger partial charge in [-0.05, 0) is 106 Å². The summed E-state index contributed by atoms with van der Waals surface area (Å²) < 4.78 is 21.4. The van der Waals surface area contributed by atoms with E-state index in [2.05, 4.69) is 0 Å². The molecule has 2 aromatic carbocycles. The number of carbonyl (C=O) groups excluding carboxylic acids is 4. The van der Waals surface area contributed by atoms with Crippen LogP contribution in [0.4, 0.5) is 4.79 Å². The number of β-lactam (4-membered cyclic amide) rings is 2. The first-order valence-electron chi connectivity index (χ1n) is 18.7. The van der Waals surface area contributed by atoms with Gasteiger partial charge in [0.05, 0.1) is 62.0 Å². The van der Waals surface area contributed by atoms with Crippen LogP contribution in [-0.2, 0) is 23.9 Å². The summed E-state index contributed by atoms with van der Waals surface area (Å²) in [7, 11) is 3.17. The third kappa shape index (κ3) is 8.61. The summed E-state index contributed by atoms with van der Waals surface area (Å²) in [4.78, 5) is 51.7. The van der Waals surface area contributed by atoms with Crippen LogP contribution >= 0.6 is 0 Å². The molecule has 7 atom stereocenters. The van der Waals surface area contributed by atoms with Gasteiger partial charge in [-0.25, -0.2) is 4.79 Å². The van der Waals surface area contributed by atoms with Crippen molar-refractivity contribution >= 4 is 35.1 Å². The fourth-order valence-corrected chi connectivity index (χ4v) is 8.55. The molecule has 1 saturated carbocycles. The van der Waals surface area contributed by atoms with Crippen LogP contribution in [-0.4, -0.2) is 94.7 Å². The zero-order valence-electron chi connectivity index (χ0n) is 32.4. The van der Waals surface area contributed by atoms with Crippen molar-refractivity contribution in [3.63, 3.8) is 0 Å². The quantitative estimate of drug-likeness (QED) is 0.190. The molecule has 7 rings (SSSR count). The average molecular weight is 769 g/mol. The van der Waals surface area contributed by atoms with Crippen molar-refractivity contribution in [3.8, 4) is 11.5 Å². The second-order valence-corrected chi connectivity index (χ2v) is 14.7. The number of methoxy groups -OCH3 is 2. The van der Waals surface area contributed by atoms with Crippen molar-refractivity contribution in [2.45, 2.75) is 109 Å². The van der Waals surface area contributed by atoms with Crippen molar-refractivity contribution in [1.82, 2.24) is 9.80 Å². The van der Waals surface area contributed by atoms with Gasteiger partial charge in [-0.3, -0.25) is 9.59 Å². The molecule has 2 aromatic rings. The van der Waals surface area contributed by atoms with Crippen LogP contribution in [0.15, 0.2) is 59.9 Å². The van der Waals surface area contributed by atoms with Gasteiger partial charge in [0.2, 0.25) is 11.8 Å². The predicted octanol–water partition coefficient (Wildman–Crippen LogP) is 1.05. The van der Waals surface area contributed by atoms with Crippen LogP contribution in [0.25, 0.3) is 11.1 Å². The van der Waals surface area contributed by atoms with Crippen molar-refractivity contribution in [3.05, 3.63) is 71.1 Å². The fourth-order valence-electron chi connectivity index (χ4n) is 8.55. The number of carbonyl (C=O) groups is 4. The first kappa shape index (κ1) is 42.3. The summed E-state index contributed by atoms with van der Waals surface area (Å²) in [5.41, 5.74) is 4.10. The molecule has 14 heteroatoms. The molecule has 4 aliphatic heterocycles. The Morgan fingerprint density at radius 1 is 0.764 bits per heavy atom. The number of aliphatic hydroxyl groups is 2. The van der Waals surface area contributed by atoms with Crippen LogP contribution in [0.5, 0.6) is 11.5 Å². The minimum atomic E-state index is -1.37. The van der Waals surface area contributed by atoms with E-state index in [1.54, 1.807) is 57.2 Å². The number of hydrogen-bond donors (Lipinski definition) is 2. The van der Waals surface area contributed by atoms with Crippen LogP contribution in [0.1, 0.15) is 83.3 Å². The number of hydrogen-bond acceptors (Lipinski definition) is 11. The molecule has 2 saturated heterocycles. The Kier molecular flexibility index (Phi) is 13.8. The summed E-state index contributed by atoms with van der Waals surface area (Å²) in [6.07, 6.45) is 3.98. The number of benzene rings is 2. The van der Waals surface area contributed by atoms with E-state index in [4.69, 9.17) is 18.9 Å². The monoisotopic (exact) mass is 768 g/mol. The third-order valence-electron chi connectivity index (χ3n) is 11.2. The number of amides is 2. The minimum absolute atomic E-state index is 0. The van der Waals surface area contributed by atoms with Crippen LogP contribution in [0.3, 0.4) is 0 Å². The molecule has 2 amide bonds. The molecule has 55 heavy (non-hydrogen) atoms. The van der Waals surface area contributed by atoms with Gasteiger partial charge in [0.1, 0.15) is 23.7 Å². The maximum Gasteiger partial charge on any atom is 1.00 e. The molecular weight excluding hydrogens is 719 g/mol. The molecule has 3 fully saturated rings. The molecule has 1 aliphatic carbocycles. The van der Waals surface area contributed by atoms with Gasteiger partial charge in [0.15, 0.2) is 0 Å². The van der Waals surface area contributed by atoms with Gasteiger partial charge in [-0.15, -0.1) is 0 Å². The number of carboxylic acid groups (broad SMARTS) is 1. The largest absolute Gasteiger partial charge is 1.00 e. The Hall–Kier alpha value is -3.88. The maximum atomic E-state index is 12.8. The predicted molar refractivity (Wildman–Crippen MR) is 194 cm³/mol. The summed E-state index contributed by atoms with van der Waals surface area (Å²) in [6.45, 7) is 5.03. The molecule has 0 bridgehead atoms. The molecule has 0 spiro atoms. The zero-order valence-corrected chi connectivity index (χ0v) is 34.4. The summed E-state index contributed by atoms with van der Waals surface area (Å²) in [6, 6.07) is 14.4. The molecule has 1 unspecified atom stereocenters. The van der Waals surface area contributed by atoms with E-state index >= 15 is 0 Å². The molecule has 4 heterocycles. The van der Waals surface area contributed by atoms with E-state index in [9.17, 15) is 34.5 Å². The number of aliphatic hydroxyl groups excluding tert-OH is 2. The van der Waals surface area contributed by atoms with E-state index in [0.29, 0.717) is 36.1 Å². The SMILES string of the molecule is COc1ccc(C2=C(C(=O)[O-])N3C(=O)[C@H]([C@@H](C)O)[C@H]3C2)cc1.COc1ccc(C2=C(CC(C)OC(=O)OC3CCCCC3)N3C(=O)[C@H]([C@@H](C)O)[C@H]3C2)cc1.[Na+]. The summed E-state index contributed by atoms with van der Waals surface area (Å²) in [5, 5.41) is 31.3. The van der Waals surface area contributed by atoms with Crippen molar-refractivity contribution in [1.29, 1.82) is 0 Å². The molecule has 0 radical (unpaired) electrons. The van der Waals surface area contributed by atoms with Crippen LogP contribution in [0, 0.1) is 11.8 Å². The van der Waals surface area contributed by atoms with E-state index < -0.39 is 42.3 Å². The third-order valence-corrected chi connectivity index (χ3v) is 11.2. The molecular formula is C41H49N2NaO11. The fraction of sp³-hybridized carbons (Fsp3) is 0.512. The maximum absolute atomic E-state index is 12.8. The Morgan fingerprint density at radius 3 is 1.73 bits per heavy atom. The van der Waals surface area contributed by atoms with Crippen LogP contribution in [0.2, 0.25) is 0 Å². The second-order valence-electron chi connectivity index (χ2n) is 14.7. The Labute approximate surface area is 343 Å². The first-order chi connectivity index (χ1) is 25.8. The normalized spacial score (nSPS) is 24.6. The topological polar surface area (TPSA) is 175 Å². The molecule has 2 N–H and O–H groups in total. The van der Waals surface area contributed by atoms with Gasteiger partial charge in [0, 0.05) is 12.1 Å². The smallest absolute Gasteiger partial charge is 0.543 e. The standard InChI is InChI=1S/C25H33NO6.C16H17NO5.Na/c1-15(31-25(29)32-19-7-5-4-6-8-19)13-21-20(17-9-11-18(30-3)12-10-17)14-22-23(16(2)27)24(28)26(21)22;1-8(18)13-12-7-11(9-3-5-10(22-2)6-4-9)14(16(20)21)17(12)15(13)19;/h9-12,15-16,19,22-23,27H,4-8,13-14H2,1-3H3;3-6,8,12-13,18H,7H2,1-2H3,(H,20,21);/q;;+1/p-1/t15?,16-,22-,23-;8-,12-,13-;/m11./s1. The minimum Gasteiger partial charge on any atom is -0.543 e. The summed E-state index contributed by atoms with van der Waals surface area (Å²) in [5.74, 6) is -1.32. The molecule has 5 aliphatic rings. The van der Waals surface area contributed by atoms with Gasteiger partial charge in [-0.2, -0.15) is 0 Å². The van der Waals surface area contributed by atoms with E-state index in [-0.39, 0.29) is 65.3 Å². The van der Waals surface area contributed by atoms with Gasteiger partial charge < -0.3 is 48.9 Å². The zero-order chi connectivity index (χ0) is 38.8. The van der Waals surface area contributed by atoms with Gasteiger partial charge in [-0.1, -0.05) is 30.7 Å². The molecule has 290 valence electrons. The van der Waals surface area contributed by atoms with Crippen molar-refractivity contribution in [2.75, 3.05) is 14.2 Å². The number of fused-ring (bicyclic) bond motifs is 2. The Balaban J connectivity index is 0.000000221. The Morgan fingerprint density at radius 2 is 1.24 bits per heavy atom. The number of rotatable bonds is 11. The Bertz CT molecular complexity index is 1800. The van der Waals surface area contributed by atoms with Crippen LogP contribution < -0.4 is 44.1 Å². The second kappa shape index (κ2) is 17.9. The molecule has 0 aromatic heterocycles. The first-order valence-corrected chi connectivity index (χ1v) is 18.7. The number of ether oxygens (including phenoxy) is 4. The van der Waals surface area contributed by atoms with Crippen molar-refractivity contribution < 1.29 is 83.0 Å². The number of aliphatic carboxylic acids is 1. The van der Waals surface area contributed by atoms with Crippen molar-refractivity contribution in [2.24, 2.45) is 11.8 Å². The van der Waals surface area contributed by atoms with E-state index in [1.807, 2.05) is 31.2 Å². The summed E-state index contributed by atoms with van der Waals surface area (Å²) >= 11 is 0. The number of nitrogens with zero attached hydrogens (tertiary/aromatic N) is 2. The molecule has 13 nitrogen and oxygen atoms in total. The van der Waals surface area contributed by atoms with Gasteiger partial charge in [0.25, 0.3) is 0 Å². The number of carboxylic acids is 1. The van der Waals surface area contributed by atoms with E-state index in [0.717, 1.165) is 48.3 Å². The average Bonchev–Trinajstić information content (AvgIpc) is 3.65. The van der Waals surface area contributed by atoms with Gasteiger partial charge >= 0.3 is 35.7 Å². The van der Waals surface area contributed by atoms with E-state index in [1.165, 1.54) is 11.3 Å².